The number of ether oxygens (including phenoxy) is 1. The van der Waals surface area contributed by atoms with Gasteiger partial charge in [0.1, 0.15) is 6.23 Å². The maximum atomic E-state index is 16.5. The predicted octanol–water partition coefficient (Wildman–Crippen LogP) is 5.18. The summed E-state index contributed by atoms with van der Waals surface area (Å²) in [6, 6.07) is 19.4. The average molecular weight is 651 g/mol. The van der Waals surface area contributed by atoms with Gasteiger partial charge in [-0.25, -0.2) is 4.79 Å². The van der Waals surface area contributed by atoms with Crippen molar-refractivity contribution in [2.75, 3.05) is 19.8 Å². The number of rotatable bonds is 12. The third kappa shape index (κ3) is 6.34. The Balaban J connectivity index is 1.83. The van der Waals surface area contributed by atoms with E-state index in [4.69, 9.17) is 18.2 Å². The van der Waals surface area contributed by atoms with Crippen molar-refractivity contribution in [2.24, 2.45) is 5.92 Å². The minimum absolute atomic E-state index is 0.206. The Morgan fingerprint density at radius 2 is 1.50 bits per heavy atom. The molecule has 2 aromatic carbocycles. The molecule has 0 unspecified atom stereocenters. The maximum Gasteiger partial charge on any atom is 0.399 e. The number of aromatic nitrogens is 2. The van der Waals surface area contributed by atoms with E-state index in [1.807, 2.05) is 60.7 Å². The summed E-state index contributed by atoms with van der Waals surface area (Å²) in [5.74, 6) is -1.71. The number of hydrogen-bond donors (Lipinski definition) is 1. The minimum atomic E-state index is -4.97. The molecule has 3 atom stereocenters. The van der Waals surface area contributed by atoms with Crippen LogP contribution in [-0.2, 0) is 22.8 Å². The van der Waals surface area contributed by atoms with E-state index in [0.717, 1.165) is 14.9 Å². The van der Waals surface area contributed by atoms with Crippen molar-refractivity contribution in [3.63, 3.8) is 0 Å². The van der Waals surface area contributed by atoms with Crippen LogP contribution in [0.2, 0.25) is 5.04 Å². The summed E-state index contributed by atoms with van der Waals surface area (Å²) < 4.78 is 70.9. The van der Waals surface area contributed by atoms with Crippen LogP contribution in [0.25, 0.3) is 0 Å². The second kappa shape index (κ2) is 13.3. The standard InChI is InChI=1S/C31H41F2N2O7PSi/c1-7-39-43(38,40-8-2)31(32,33)25-19-27(35-20-22(3)28(36)34-29(35)37)42-26(25)21-41-44(30(4,5)6,23-15-11-9-12-16-23)24-17-13-10-14-18-24/h9-18,20,25-27H,7-8,19,21H2,1-6H3,(H,34,36,37)/t25-,26+,27+/m0/s1. The predicted molar refractivity (Wildman–Crippen MR) is 167 cm³/mol. The molecule has 3 aromatic rings. The van der Waals surface area contributed by atoms with Crippen molar-refractivity contribution in [1.82, 2.24) is 9.55 Å². The van der Waals surface area contributed by atoms with Crippen LogP contribution in [0.1, 0.15) is 52.8 Å². The van der Waals surface area contributed by atoms with Crippen LogP contribution < -0.4 is 21.6 Å². The Morgan fingerprint density at radius 1 is 0.977 bits per heavy atom. The Labute approximate surface area is 257 Å². The number of aryl methyl sites for hydroxylation is 1. The molecule has 1 fully saturated rings. The maximum absolute atomic E-state index is 16.5. The largest absolute Gasteiger partial charge is 0.405 e. The number of H-pyrrole nitrogens is 1. The molecule has 2 heterocycles. The molecule has 4 rings (SSSR count). The molecule has 9 nitrogen and oxygen atoms in total. The lowest BCUT2D eigenvalue weighted by atomic mass is 10.0. The SMILES string of the molecule is CCOP(=O)(OCC)C(F)(F)[C@H]1C[C@H](n2cc(C)c(=O)[nH]c2=O)O[C@@H]1CO[Si](c1ccccc1)(c1ccccc1)C(C)(C)C. The summed E-state index contributed by atoms with van der Waals surface area (Å²) in [4.78, 5) is 27.0. The second-order valence-corrected chi connectivity index (χ2v) is 18.3. The number of halogens is 2. The zero-order valence-corrected chi connectivity index (χ0v) is 27.8. The summed E-state index contributed by atoms with van der Waals surface area (Å²) in [7, 11) is -8.15. The Morgan fingerprint density at radius 3 is 1.98 bits per heavy atom. The fraction of sp³-hybridized carbons (Fsp3) is 0.484. The van der Waals surface area contributed by atoms with Crippen molar-refractivity contribution in [2.45, 2.75) is 71.0 Å². The summed E-state index contributed by atoms with van der Waals surface area (Å²) in [5.41, 5.74) is -5.18. The van der Waals surface area contributed by atoms with Gasteiger partial charge in [0.15, 0.2) is 0 Å². The molecular formula is C31H41F2N2O7PSi. The number of aromatic amines is 1. The highest BCUT2D eigenvalue weighted by Crippen LogP contribution is 2.67. The zero-order chi connectivity index (χ0) is 32.3. The van der Waals surface area contributed by atoms with Gasteiger partial charge in [0.2, 0.25) is 0 Å². The molecule has 0 spiro atoms. The van der Waals surface area contributed by atoms with Crippen LogP contribution in [-0.4, -0.2) is 49.5 Å². The first kappa shape index (κ1) is 34.1. The highest BCUT2D eigenvalue weighted by atomic mass is 31.2. The third-order valence-corrected chi connectivity index (χ3v) is 15.2. The van der Waals surface area contributed by atoms with Gasteiger partial charge in [0.05, 0.1) is 31.8 Å². The van der Waals surface area contributed by atoms with Gasteiger partial charge >= 0.3 is 18.9 Å². The minimum Gasteiger partial charge on any atom is -0.405 e. The average Bonchev–Trinajstić information content (AvgIpc) is 3.41. The Kier molecular flexibility index (Phi) is 10.3. The second-order valence-electron chi connectivity index (χ2n) is 11.8. The summed E-state index contributed by atoms with van der Waals surface area (Å²) >= 11 is 0. The van der Waals surface area contributed by atoms with E-state index >= 15 is 8.78 Å². The highest BCUT2D eigenvalue weighted by Gasteiger charge is 2.64. The Hall–Kier alpha value is -2.73. The van der Waals surface area contributed by atoms with E-state index in [1.54, 1.807) is 0 Å². The van der Waals surface area contributed by atoms with Crippen LogP contribution >= 0.6 is 7.60 Å². The molecule has 1 aliphatic rings. The summed E-state index contributed by atoms with van der Waals surface area (Å²) in [6.45, 7) is 9.79. The van der Waals surface area contributed by atoms with Crippen molar-refractivity contribution in [1.29, 1.82) is 0 Å². The molecule has 1 aliphatic heterocycles. The fourth-order valence-electron chi connectivity index (χ4n) is 5.94. The molecular weight excluding hydrogens is 609 g/mol. The van der Waals surface area contributed by atoms with Crippen molar-refractivity contribution < 1.29 is 31.6 Å². The van der Waals surface area contributed by atoms with Crippen molar-refractivity contribution in [3.8, 4) is 0 Å². The molecule has 0 saturated carbocycles. The smallest absolute Gasteiger partial charge is 0.399 e. The number of alkyl halides is 2. The fourth-order valence-corrected chi connectivity index (χ4v) is 12.3. The van der Waals surface area contributed by atoms with Crippen molar-refractivity contribution >= 4 is 26.3 Å². The molecule has 0 radical (unpaired) electrons. The van der Waals surface area contributed by atoms with E-state index < -0.39 is 62.5 Å². The van der Waals surface area contributed by atoms with Gasteiger partial charge in [-0.2, -0.15) is 8.78 Å². The van der Waals surface area contributed by atoms with E-state index in [2.05, 4.69) is 25.8 Å². The lowest BCUT2D eigenvalue weighted by molar-refractivity contribution is -0.0711. The van der Waals surface area contributed by atoms with E-state index in [9.17, 15) is 14.2 Å². The Bertz CT molecular complexity index is 1530. The van der Waals surface area contributed by atoms with Crippen LogP contribution in [0.4, 0.5) is 8.78 Å². The first-order chi connectivity index (χ1) is 20.7. The van der Waals surface area contributed by atoms with Crippen LogP contribution in [0.5, 0.6) is 0 Å². The topological polar surface area (TPSA) is 109 Å². The zero-order valence-electron chi connectivity index (χ0n) is 25.9. The molecule has 13 heteroatoms. The number of nitrogens with zero attached hydrogens (tertiary/aromatic N) is 1. The monoisotopic (exact) mass is 650 g/mol. The van der Waals surface area contributed by atoms with Gasteiger partial charge in [0.25, 0.3) is 13.9 Å². The summed E-state index contributed by atoms with van der Waals surface area (Å²) in [6.07, 6.45) is -1.64. The molecule has 1 aromatic heterocycles. The van der Waals surface area contributed by atoms with E-state index in [-0.39, 0.29) is 25.4 Å². The molecule has 0 bridgehead atoms. The van der Waals surface area contributed by atoms with Crippen LogP contribution in [0.3, 0.4) is 0 Å². The molecule has 240 valence electrons. The first-order valence-electron chi connectivity index (χ1n) is 14.7. The number of nitrogens with one attached hydrogen (secondary N) is 1. The third-order valence-electron chi connectivity index (χ3n) is 7.98. The van der Waals surface area contributed by atoms with Crippen LogP contribution in [0, 0.1) is 12.8 Å². The molecule has 1 N–H and O–H groups in total. The normalized spacial score (nSPS) is 19.8. The molecule has 0 amide bonds. The van der Waals surface area contributed by atoms with E-state index in [0.29, 0.717) is 0 Å². The van der Waals surface area contributed by atoms with E-state index in [1.165, 1.54) is 27.0 Å². The van der Waals surface area contributed by atoms with Gasteiger partial charge in [-0.15, -0.1) is 0 Å². The molecule has 0 aliphatic carbocycles. The van der Waals surface area contributed by atoms with Gasteiger partial charge in [-0.3, -0.25) is 18.9 Å². The summed E-state index contributed by atoms with van der Waals surface area (Å²) in [5, 5.41) is 1.43. The van der Waals surface area contributed by atoms with Gasteiger partial charge in [0, 0.05) is 18.2 Å². The quantitative estimate of drug-likeness (QED) is 0.213. The van der Waals surface area contributed by atoms with Gasteiger partial charge in [-0.05, 0) is 36.2 Å². The first-order valence-corrected chi connectivity index (χ1v) is 18.2. The van der Waals surface area contributed by atoms with Crippen molar-refractivity contribution in [3.05, 3.63) is 93.3 Å². The van der Waals surface area contributed by atoms with Crippen LogP contribution in [0.15, 0.2) is 76.4 Å². The lowest BCUT2D eigenvalue weighted by Gasteiger charge is -2.44. The lowest BCUT2D eigenvalue weighted by Crippen LogP contribution is -2.67. The number of hydrogen-bond acceptors (Lipinski definition) is 7. The molecule has 44 heavy (non-hydrogen) atoms. The highest BCUT2D eigenvalue weighted by molar-refractivity contribution is 7.55. The van der Waals surface area contributed by atoms with Gasteiger partial charge < -0.3 is 18.2 Å². The molecule has 1 saturated heterocycles. The number of benzene rings is 2. The van der Waals surface area contributed by atoms with Gasteiger partial charge in [-0.1, -0.05) is 81.4 Å².